The van der Waals surface area contributed by atoms with Crippen molar-refractivity contribution in [2.45, 2.75) is 33.2 Å². The molecule has 2 rings (SSSR count). The number of hydrogen-bond donors (Lipinski definition) is 2. The molecule has 0 amide bonds. The molecule has 0 saturated heterocycles. The van der Waals surface area contributed by atoms with E-state index in [4.69, 9.17) is 10.2 Å². The Morgan fingerprint density at radius 1 is 1.17 bits per heavy atom. The Balaban J connectivity index is 2.04. The lowest BCUT2D eigenvalue weighted by atomic mass is 10.1. The zero-order valence-corrected chi connectivity index (χ0v) is 14.8. The molecule has 0 aliphatic carbocycles. The summed E-state index contributed by atoms with van der Waals surface area (Å²) in [7, 11) is 0. The molecular weight excluding hydrogens is 300 g/mol. The number of guanidine groups is 1. The maximum atomic E-state index is 6.05. The van der Waals surface area contributed by atoms with Crippen LogP contribution in [0.25, 0.3) is 0 Å². The number of benzene rings is 1. The molecule has 1 aromatic heterocycles. The topological polar surface area (TPSA) is 66.8 Å². The molecule has 5 heteroatoms. The van der Waals surface area contributed by atoms with Crippen molar-refractivity contribution in [2.75, 3.05) is 25.0 Å². The molecule has 0 saturated carbocycles. The van der Waals surface area contributed by atoms with Gasteiger partial charge in [0, 0.05) is 5.69 Å². The van der Waals surface area contributed by atoms with Crippen molar-refractivity contribution in [1.82, 2.24) is 4.90 Å². The van der Waals surface area contributed by atoms with Crippen molar-refractivity contribution < 1.29 is 4.42 Å². The third kappa shape index (κ3) is 4.86. The van der Waals surface area contributed by atoms with Gasteiger partial charge in [-0.15, -0.1) is 0 Å². The molecule has 1 aromatic carbocycles. The number of furan rings is 1. The summed E-state index contributed by atoms with van der Waals surface area (Å²) in [5.74, 6) is 1.34. The van der Waals surface area contributed by atoms with Crippen LogP contribution in [-0.2, 0) is 6.42 Å². The molecule has 0 radical (unpaired) electrons. The van der Waals surface area contributed by atoms with Crippen LogP contribution in [0.4, 0.5) is 5.69 Å². The smallest absolute Gasteiger partial charge is 0.193 e. The molecule has 3 N–H and O–H groups in total. The summed E-state index contributed by atoms with van der Waals surface area (Å²) in [6, 6.07) is 12.2. The normalized spacial score (nSPS) is 13.2. The molecule has 24 heavy (non-hydrogen) atoms. The molecular formula is C19H28N4O. The van der Waals surface area contributed by atoms with Crippen molar-refractivity contribution in [3.8, 4) is 0 Å². The van der Waals surface area contributed by atoms with Gasteiger partial charge in [-0.1, -0.05) is 32.9 Å². The lowest BCUT2D eigenvalue weighted by Gasteiger charge is -2.26. The van der Waals surface area contributed by atoms with E-state index in [2.05, 4.69) is 48.1 Å². The van der Waals surface area contributed by atoms with Crippen LogP contribution in [0.5, 0.6) is 0 Å². The Bertz CT molecular complexity index is 615. The van der Waals surface area contributed by atoms with Crippen LogP contribution in [0, 0.1) is 0 Å². The first kappa shape index (κ1) is 18.1. The zero-order chi connectivity index (χ0) is 17.4. The van der Waals surface area contributed by atoms with E-state index < -0.39 is 0 Å². The number of nitrogens with zero attached hydrogens (tertiary/aromatic N) is 2. The highest BCUT2D eigenvalue weighted by Crippen LogP contribution is 2.21. The lowest BCUT2D eigenvalue weighted by molar-refractivity contribution is 0.198. The van der Waals surface area contributed by atoms with Crippen LogP contribution in [0.2, 0.25) is 0 Å². The molecule has 0 spiro atoms. The Labute approximate surface area is 144 Å². The number of anilines is 1. The number of likely N-dealkylation sites (N-methyl/N-ethyl adjacent to an activating group) is 1. The number of aryl methyl sites for hydroxylation is 1. The Kier molecular flexibility index (Phi) is 6.88. The summed E-state index contributed by atoms with van der Waals surface area (Å²) in [6.45, 7) is 8.84. The molecule has 0 fully saturated rings. The average Bonchev–Trinajstić information content (AvgIpc) is 3.13. The van der Waals surface area contributed by atoms with E-state index in [-0.39, 0.29) is 6.04 Å². The first-order valence-corrected chi connectivity index (χ1v) is 8.61. The number of nitrogens with two attached hydrogens (primary N) is 1. The van der Waals surface area contributed by atoms with Crippen molar-refractivity contribution >= 4 is 11.6 Å². The van der Waals surface area contributed by atoms with E-state index in [1.54, 1.807) is 6.26 Å². The molecule has 1 atom stereocenters. The molecule has 0 bridgehead atoms. The fraction of sp³-hybridized carbons (Fsp3) is 0.421. The summed E-state index contributed by atoms with van der Waals surface area (Å²) >= 11 is 0. The summed E-state index contributed by atoms with van der Waals surface area (Å²) in [4.78, 5) is 6.83. The maximum Gasteiger partial charge on any atom is 0.193 e. The fourth-order valence-electron chi connectivity index (χ4n) is 2.73. The molecule has 5 nitrogen and oxygen atoms in total. The molecule has 1 heterocycles. The molecule has 130 valence electrons. The van der Waals surface area contributed by atoms with E-state index in [0.717, 1.165) is 31.0 Å². The minimum Gasteiger partial charge on any atom is -0.468 e. The van der Waals surface area contributed by atoms with Gasteiger partial charge in [0.15, 0.2) is 5.96 Å². The third-order valence-corrected chi connectivity index (χ3v) is 4.19. The van der Waals surface area contributed by atoms with Gasteiger partial charge in [-0.05, 0) is 49.3 Å². The van der Waals surface area contributed by atoms with Crippen molar-refractivity contribution in [1.29, 1.82) is 0 Å². The minimum absolute atomic E-state index is 0.0952. The van der Waals surface area contributed by atoms with Gasteiger partial charge in [-0.3, -0.25) is 9.89 Å². The van der Waals surface area contributed by atoms with Crippen LogP contribution < -0.4 is 11.1 Å². The molecule has 2 aromatic rings. The number of rotatable bonds is 8. The summed E-state index contributed by atoms with van der Waals surface area (Å²) in [6.07, 6.45) is 2.73. The summed E-state index contributed by atoms with van der Waals surface area (Å²) in [5.41, 5.74) is 8.30. The van der Waals surface area contributed by atoms with Crippen LogP contribution >= 0.6 is 0 Å². The van der Waals surface area contributed by atoms with E-state index >= 15 is 0 Å². The largest absolute Gasteiger partial charge is 0.468 e. The molecule has 0 aliphatic heterocycles. The second-order valence-corrected chi connectivity index (χ2v) is 5.65. The van der Waals surface area contributed by atoms with Gasteiger partial charge >= 0.3 is 0 Å². The second-order valence-electron chi connectivity index (χ2n) is 5.65. The number of nitrogens with one attached hydrogen (secondary N) is 1. The predicted molar refractivity (Wildman–Crippen MR) is 100 cm³/mol. The van der Waals surface area contributed by atoms with Gasteiger partial charge in [0.2, 0.25) is 0 Å². The number of aliphatic imine (C=N–C) groups is 1. The van der Waals surface area contributed by atoms with E-state index in [0.29, 0.717) is 12.5 Å². The van der Waals surface area contributed by atoms with Crippen LogP contribution in [0.3, 0.4) is 0 Å². The Morgan fingerprint density at radius 2 is 1.88 bits per heavy atom. The van der Waals surface area contributed by atoms with Gasteiger partial charge in [-0.25, -0.2) is 0 Å². The number of hydrogen-bond acceptors (Lipinski definition) is 3. The second kappa shape index (κ2) is 9.13. The van der Waals surface area contributed by atoms with E-state index in [1.807, 2.05) is 24.3 Å². The standard InChI is InChI=1S/C19H28N4O/c1-4-15-9-11-16(12-10-15)22-19(20)21-14-17(23(5-2)6-3)18-8-7-13-24-18/h7-13,17H,4-6,14H2,1-3H3,(H3,20,21,22). The highest BCUT2D eigenvalue weighted by Gasteiger charge is 2.20. The SMILES string of the molecule is CCc1ccc(NC(N)=NCC(c2ccco2)N(CC)CC)cc1. The van der Waals surface area contributed by atoms with Gasteiger partial charge in [-0.2, -0.15) is 0 Å². The highest BCUT2D eigenvalue weighted by atomic mass is 16.3. The fourth-order valence-corrected chi connectivity index (χ4v) is 2.73. The van der Waals surface area contributed by atoms with Crippen molar-refractivity contribution in [3.63, 3.8) is 0 Å². The zero-order valence-electron chi connectivity index (χ0n) is 14.8. The van der Waals surface area contributed by atoms with Crippen LogP contribution in [0.15, 0.2) is 52.1 Å². The summed E-state index contributed by atoms with van der Waals surface area (Å²) in [5, 5.41) is 3.15. The first-order chi connectivity index (χ1) is 11.7. The van der Waals surface area contributed by atoms with Crippen molar-refractivity contribution in [2.24, 2.45) is 10.7 Å². The minimum atomic E-state index is 0.0952. The molecule has 0 aliphatic rings. The van der Waals surface area contributed by atoms with Gasteiger partial charge in [0.25, 0.3) is 0 Å². The quantitative estimate of drug-likeness (QED) is 0.573. The van der Waals surface area contributed by atoms with E-state index in [9.17, 15) is 0 Å². The Hall–Kier alpha value is -2.27. The summed E-state index contributed by atoms with van der Waals surface area (Å²) < 4.78 is 5.58. The maximum absolute atomic E-state index is 6.05. The third-order valence-electron chi connectivity index (χ3n) is 4.19. The predicted octanol–water partition coefficient (Wildman–Crippen LogP) is 3.65. The lowest BCUT2D eigenvalue weighted by Crippen LogP contribution is -2.31. The first-order valence-electron chi connectivity index (χ1n) is 8.61. The van der Waals surface area contributed by atoms with Crippen molar-refractivity contribution in [3.05, 3.63) is 54.0 Å². The van der Waals surface area contributed by atoms with Gasteiger partial charge in [0.1, 0.15) is 5.76 Å². The van der Waals surface area contributed by atoms with Gasteiger partial charge in [0.05, 0.1) is 18.8 Å². The Morgan fingerprint density at radius 3 is 2.42 bits per heavy atom. The van der Waals surface area contributed by atoms with Crippen LogP contribution in [0.1, 0.15) is 38.1 Å². The monoisotopic (exact) mass is 328 g/mol. The highest BCUT2D eigenvalue weighted by molar-refractivity contribution is 5.92. The van der Waals surface area contributed by atoms with Gasteiger partial charge < -0.3 is 15.5 Å². The molecule has 1 unspecified atom stereocenters. The van der Waals surface area contributed by atoms with E-state index in [1.165, 1.54) is 5.56 Å². The van der Waals surface area contributed by atoms with Crippen LogP contribution in [-0.4, -0.2) is 30.5 Å². The average molecular weight is 328 g/mol.